The van der Waals surface area contributed by atoms with E-state index < -0.39 is 0 Å². The minimum absolute atomic E-state index is 0.0112. The van der Waals surface area contributed by atoms with Crippen molar-refractivity contribution in [2.45, 2.75) is 32.4 Å². The molecule has 0 aliphatic carbocycles. The molecule has 5 heteroatoms. The van der Waals surface area contributed by atoms with E-state index in [1.807, 2.05) is 32.0 Å². The summed E-state index contributed by atoms with van der Waals surface area (Å²) < 4.78 is 5.62. The Balaban J connectivity index is 1.64. The van der Waals surface area contributed by atoms with Crippen molar-refractivity contribution in [3.05, 3.63) is 88.9 Å². The third kappa shape index (κ3) is 5.85. The van der Waals surface area contributed by atoms with Gasteiger partial charge in [0.25, 0.3) is 5.91 Å². The van der Waals surface area contributed by atoms with Crippen LogP contribution in [0.15, 0.2) is 72.8 Å². The van der Waals surface area contributed by atoms with Gasteiger partial charge in [0.05, 0.1) is 11.1 Å². The van der Waals surface area contributed by atoms with Crippen LogP contribution in [0.3, 0.4) is 0 Å². The largest absolute Gasteiger partial charge is 0.489 e. The van der Waals surface area contributed by atoms with Gasteiger partial charge in [0, 0.05) is 18.2 Å². The fraction of sp³-hybridized carbons (Fsp3) is 0.240. The van der Waals surface area contributed by atoms with Crippen LogP contribution < -0.4 is 15.8 Å². The van der Waals surface area contributed by atoms with Gasteiger partial charge in [-0.05, 0) is 55.2 Å². The van der Waals surface area contributed by atoms with Gasteiger partial charge >= 0.3 is 0 Å². The lowest BCUT2D eigenvalue weighted by Gasteiger charge is -2.18. The van der Waals surface area contributed by atoms with E-state index in [9.17, 15) is 4.79 Å². The Morgan fingerprint density at radius 1 is 1.00 bits per heavy atom. The molecule has 0 aromatic heterocycles. The minimum Gasteiger partial charge on any atom is -0.489 e. The summed E-state index contributed by atoms with van der Waals surface area (Å²) in [5.74, 6) is 0.362. The Bertz CT molecular complexity index is 972. The SMILES string of the molecule is CC(C)Oc1ccc(C(=O)N[C@H](CN)Cc2ccc(-c3ccccc3)cc2)cc1Cl. The molecule has 0 aliphatic heterocycles. The van der Waals surface area contributed by atoms with Gasteiger partial charge in [-0.3, -0.25) is 4.79 Å². The lowest BCUT2D eigenvalue weighted by atomic mass is 10.0. The highest BCUT2D eigenvalue weighted by atomic mass is 35.5. The second-order valence-electron chi connectivity index (χ2n) is 7.48. The predicted molar refractivity (Wildman–Crippen MR) is 123 cm³/mol. The van der Waals surface area contributed by atoms with Gasteiger partial charge < -0.3 is 15.8 Å². The van der Waals surface area contributed by atoms with Gasteiger partial charge in [-0.25, -0.2) is 0 Å². The number of rotatable bonds is 8. The third-order valence-electron chi connectivity index (χ3n) is 4.72. The van der Waals surface area contributed by atoms with Crippen LogP contribution in [0.25, 0.3) is 11.1 Å². The quantitative estimate of drug-likeness (QED) is 0.531. The van der Waals surface area contributed by atoms with Crippen molar-refractivity contribution >= 4 is 17.5 Å². The Hall–Kier alpha value is -2.82. The van der Waals surface area contributed by atoms with E-state index in [1.165, 1.54) is 5.56 Å². The first-order valence-corrected chi connectivity index (χ1v) is 10.5. The molecule has 30 heavy (non-hydrogen) atoms. The topological polar surface area (TPSA) is 64.3 Å². The van der Waals surface area contributed by atoms with Crippen molar-refractivity contribution < 1.29 is 9.53 Å². The maximum atomic E-state index is 12.7. The molecule has 0 saturated heterocycles. The zero-order valence-electron chi connectivity index (χ0n) is 17.3. The molecule has 0 spiro atoms. The highest BCUT2D eigenvalue weighted by Gasteiger charge is 2.15. The van der Waals surface area contributed by atoms with Crippen LogP contribution in [0.1, 0.15) is 29.8 Å². The molecule has 4 nitrogen and oxygen atoms in total. The zero-order chi connectivity index (χ0) is 21.5. The molecule has 156 valence electrons. The molecular weight excluding hydrogens is 396 g/mol. The Kier molecular flexibility index (Phi) is 7.50. The number of nitrogens with one attached hydrogen (secondary N) is 1. The predicted octanol–water partition coefficient (Wildman–Crippen LogP) is 5.09. The van der Waals surface area contributed by atoms with E-state index in [-0.39, 0.29) is 18.1 Å². The van der Waals surface area contributed by atoms with E-state index in [1.54, 1.807) is 18.2 Å². The number of hydrogen-bond acceptors (Lipinski definition) is 3. The molecule has 3 aromatic carbocycles. The molecule has 0 fully saturated rings. The molecule has 0 saturated carbocycles. The molecule has 3 rings (SSSR count). The standard InChI is InChI=1S/C25H27ClN2O2/c1-17(2)30-24-13-12-21(15-23(24)26)25(29)28-22(16-27)14-18-8-10-20(11-9-18)19-6-4-3-5-7-19/h3-13,15,17,22H,14,16,27H2,1-2H3,(H,28,29)/t22-/m0/s1. The molecule has 0 radical (unpaired) electrons. The van der Waals surface area contributed by atoms with Crippen LogP contribution in [0, 0.1) is 0 Å². The molecule has 0 unspecified atom stereocenters. The summed E-state index contributed by atoms with van der Waals surface area (Å²) in [6.07, 6.45) is 0.664. The van der Waals surface area contributed by atoms with Gasteiger partial charge in [-0.2, -0.15) is 0 Å². The first kappa shape index (κ1) is 21.9. The van der Waals surface area contributed by atoms with Crippen LogP contribution in [-0.2, 0) is 6.42 Å². The number of nitrogens with two attached hydrogens (primary N) is 1. The number of ether oxygens (including phenoxy) is 1. The van der Waals surface area contributed by atoms with E-state index in [4.69, 9.17) is 22.1 Å². The second-order valence-corrected chi connectivity index (χ2v) is 7.89. The zero-order valence-corrected chi connectivity index (χ0v) is 18.0. The molecular formula is C25H27ClN2O2. The Labute approximate surface area is 183 Å². The molecule has 1 amide bonds. The van der Waals surface area contributed by atoms with Crippen LogP contribution in [-0.4, -0.2) is 24.6 Å². The lowest BCUT2D eigenvalue weighted by molar-refractivity contribution is 0.0938. The van der Waals surface area contributed by atoms with Crippen molar-refractivity contribution in [2.75, 3.05) is 6.54 Å². The molecule has 0 bridgehead atoms. The number of carbonyl (C=O) groups excluding carboxylic acids is 1. The minimum atomic E-state index is -0.204. The fourth-order valence-electron chi connectivity index (χ4n) is 3.20. The van der Waals surface area contributed by atoms with E-state index in [0.717, 1.165) is 11.1 Å². The van der Waals surface area contributed by atoms with Gasteiger partial charge in [-0.1, -0.05) is 66.2 Å². The van der Waals surface area contributed by atoms with E-state index in [2.05, 4.69) is 41.7 Å². The first-order chi connectivity index (χ1) is 14.5. The number of benzene rings is 3. The van der Waals surface area contributed by atoms with Gasteiger partial charge in [0.1, 0.15) is 5.75 Å². The fourth-order valence-corrected chi connectivity index (χ4v) is 3.43. The summed E-state index contributed by atoms with van der Waals surface area (Å²) in [5.41, 5.74) is 9.85. The second kappa shape index (κ2) is 10.3. The summed E-state index contributed by atoms with van der Waals surface area (Å²) in [5, 5.41) is 3.42. The molecule has 1 atom stereocenters. The van der Waals surface area contributed by atoms with Crippen LogP contribution in [0.5, 0.6) is 5.75 Å². The Morgan fingerprint density at radius 3 is 2.27 bits per heavy atom. The van der Waals surface area contributed by atoms with Crippen molar-refractivity contribution in [1.29, 1.82) is 0 Å². The Morgan fingerprint density at radius 2 is 1.67 bits per heavy atom. The summed E-state index contributed by atoms with van der Waals surface area (Å²) in [6.45, 7) is 4.19. The molecule has 3 N–H and O–H groups in total. The maximum absolute atomic E-state index is 12.7. The molecule has 0 aliphatic rings. The number of hydrogen-bond donors (Lipinski definition) is 2. The molecule has 0 heterocycles. The van der Waals surface area contributed by atoms with Crippen LogP contribution in [0.4, 0.5) is 0 Å². The highest BCUT2D eigenvalue weighted by Crippen LogP contribution is 2.26. The smallest absolute Gasteiger partial charge is 0.251 e. The maximum Gasteiger partial charge on any atom is 0.251 e. The number of amides is 1. The highest BCUT2D eigenvalue weighted by molar-refractivity contribution is 6.32. The average Bonchev–Trinajstić information content (AvgIpc) is 2.75. The number of halogens is 1. The van der Waals surface area contributed by atoms with Gasteiger partial charge in [0.2, 0.25) is 0 Å². The summed E-state index contributed by atoms with van der Waals surface area (Å²) in [6, 6.07) is 23.4. The molecule has 3 aromatic rings. The first-order valence-electron chi connectivity index (χ1n) is 10.1. The normalized spacial score (nSPS) is 11.9. The van der Waals surface area contributed by atoms with Crippen molar-refractivity contribution in [2.24, 2.45) is 5.73 Å². The van der Waals surface area contributed by atoms with E-state index in [0.29, 0.717) is 29.3 Å². The third-order valence-corrected chi connectivity index (χ3v) is 5.02. The van der Waals surface area contributed by atoms with Crippen LogP contribution in [0.2, 0.25) is 5.02 Å². The summed E-state index contributed by atoms with van der Waals surface area (Å²) in [7, 11) is 0. The van der Waals surface area contributed by atoms with Crippen molar-refractivity contribution in [1.82, 2.24) is 5.32 Å². The average molecular weight is 423 g/mol. The van der Waals surface area contributed by atoms with Crippen molar-refractivity contribution in [3.63, 3.8) is 0 Å². The van der Waals surface area contributed by atoms with E-state index >= 15 is 0 Å². The van der Waals surface area contributed by atoms with Crippen LogP contribution >= 0.6 is 11.6 Å². The lowest BCUT2D eigenvalue weighted by Crippen LogP contribution is -2.41. The number of carbonyl (C=O) groups is 1. The summed E-state index contributed by atoms with van der Waals surface area (Å²) in [4.78, 5) is 12.7. The van der Waals surface area contributed by atoms with Gasteiger partial charge in [0.15, 0.2) is 0 Å². The monoisotopic (exact) mass is 422 g/mol. The van der Waals surface area contributed by atoms with Crippen molar-refractivity contribution in [3.8, 4) is 16.9 Å². The van der Waals surface area contributed by atoms with Gasteiger partial charge in [-0.15, -0.1) is 0 Å². The summed E-state index contributed by atoms with van der Waals surface area (Å²) >= 11 is 6.25.